The van der Waals surface area contributed by atoms with Crippen LogP contribution in [0.25, 0.3) is 0 Å². The van der Waals surface area contributed by atoms with Crippen LogP contribution in [0.5, 0.6) is 0 Å². The first-order chi connectivity index (χ1) is 16.4. The Kier molecular flexibility index (Phi) is 7.59. The second kappa shape index (κ2) is 10.8. The number of nitrogens with one attached hydrogen (secondary N) is 2. The fourth-order valence-corrected chi connectivity index (χ4v) is 5.00. The Morgan fingerprint density at radius 1 is 1.09 bits per heavy atom. The summed E-state index contributed by atoms with van der Waals surface area (Å²) in [4.78, 5) is 40.9. The summed E-state index contributed by atoms with van der Waals surface area (Å²) < 4.78 is 0. The molecular formula is C26H32N4O4. The van der Waals surface area contributed by atoms with Gasteiger partial charge in [-0.2, -0.15) is 0 Å². The molecule has 0 aliphatic carbocycles. The quantitative estimate of drug-likeness (QED) is 0.551. The first-order valence-electron chi connectivity index (χ1n) is 11.8. The molecule has 34 heavy (non-hydrogen) atoms. The summed E-state index contributed by atoms with van der Waals surface area (Å²) in [5, 5.41) is 15.2. The lowest BCUT2D eigenvalue weighted by atomic mass is 10.0. The molecule has 2 aliphatic heterocycles. The maximum Gasteiger partial charge on any atom is 0.335 e. The molecule has 0 aromatic heterocycles. The van der Waals surface area contributed by atoms with Crippen molar-refractivity contribution in [2.75, 3.05) is 20.1 Å². The molecule has 3 N–H and O–H groups in total. The van der Waals surface area contributed by atoms with Crippen LogP contribution in [0.15, 0.2) is 54.6 Å². The third-order valence-corrected chi connectivity index (χ3v) is 6.97. The Bertz CT molecular complexity index is 1010. The molecule has 0 spiro atoms. The van der Waals surface area contributed by atoms with E-state index in [4.69, 9.17) is 5.11 Å². The Balaban J connectivity index is 1.33. The van der Waals surface area contributed by atoms with E-state index in [1.54, 1.807) is 12.1 Å². The summed E-state index contributed by atoms with van der Waals surface area (Å²) in [5.74, 6) is -0.910. The molecule has 4 rings (SSSR count). The summed E-state index contributed by atoms with van der Waals surface area (Å²) in [6, 6.07) is 16.6. The number of hydrogen-bond acceptors (Lipinski definition) is 5. The minimum absolute atomic E-state index is 0.0160. The van der Waals surface area contributed by atoms with Gasteiger partial charge in [0.1, 0.15) is 6.04 Å². The Morgan fingerprint density at radius 3 is 2.53 bits per heavy atom. The number of carboxylic acids is 1. The molecular weight excluding hydrogens is 432 g/mol. The maximum absolute atomic E-state index is 13.0. The maximum atomic E-state index is 13.0. The molecule has 2 saturated heterocycles. The van der Waals surface area contributed by atoms with Crippen LogP contribution in [0.1, 0.15) is 40.7 Å². The van der Waals surface area contributed by atoms with Crippen LogP contribution in [0.4, 0.5) is 0 Å². The van der Waals surface area contributed by atoms with Crippen LogP contribution in [0.3, 0.4) is 0 Å². The fraction of sp³-hybridized carbons (Fsp3) is 0.423. The number of rotatable bonds is 8. The first-order valence-corrected chi connectivity index (χ1v) is 11.8. The van der Waals surface area contributed by atoms with Crippen molar-refractivity contribution in [3.05, 3.63) is 71.3 Å². The second-order valence-corrected chi connectivity index (χ2v) is 9.14. The molecule has 2 aromatic rings. The Hall–Kier alpha value is -3.23. The van der Waals surface area contributed by atoms with Gasteiger partial charge in [0.25, 0.3) is 0 Å². The van der Waals surface area contributed by atoms with E-state index in [9.17, 15) is 14.4 Å². The number of benzene rings is 2. The lowest BCUT2D eigenvalue weighted by molar-refractivity contribution is -0.126. The highest BCUT2D eigenvalue weighted by Crippen LogP contribution is 2.28. The molecule has 0 radical (unpaired) electrons. The van der Waals surface area contributed by atoms with E-state index in [1.165, 1.54) is 0 Å². The molecule has 0 bridgehead atoms. The van der Waals surface area contributed by atoms with Crippen LogP contribution in [-0.4, -0.2) is 71.0 Å². The monoisotopic (exact) mass is 464 g/mol. The molecule has 2 amide bonds. The second-order valence-electron chi connectivity index (χ2n) is 9.14. The highest BCUT2D eigenvalue weighted by molar-refractivity contribution is 5.87. The number of likely N-dealkylation sites (N-methyl/N-ethyl adjacent to an activating group) is 1. The van der Waals surface area contributed by atoms with Gasteiger partial charge in [0.2, 0.25) is 11.8 Å². The standard InChI is InChI=1S/C26H32N4O4/c1-29-21(11-12-23(31)27-15-18-5-3-2-4-6-18)16-28-25(32)24-22(29)13-14-30(24)17-19-7-9-20(10-8-19)26(33)34/h2-10,21-22,24H,11-17H2,1H3,(H,27,31)(H,28,32)(H,33,34)/t21-,22+,24-/m0/s1. The van der Waals surface area contributed by atoms with Gasteiger partial charge in [-0.25, -0.2) is 4.79 Å². The summed E-state index contributed by atoms with van der Waals surface area (Å²) in [6.45, 7) is 2.42. The lowest BCUT2D eigenvalue weighted by Crippen LogP contribution is -2.49. The zero-order valence-electron chi connectivity index (χ0n) is 19.4. The zero-order valence-corrected chi connectivity index (χ0v) is 19.4. The molecule has 8 heteroatoms. The lowest BCUT2D eigenvalue weighted by Gasteiger charge is -2.33. The first kappa shape index (κ1) is 23.9. The normalized spacial score (nSPS) is 23.1. The van der Waals surface area contributed by atoms with Gasteiger partial charge in [-0.05, 0) is 43.1 Å². The number of fused-ring (bicyclic) bond motifs is 1. The molecule has 180 valence electrons. The average Bonchev–Trinajstić information content (AvgIpc) is 3.21. The minimum Gasteiger partial charge on any atom is -0.478 e. The van der Waals surface area contributed by atoms with Crippen molar-refractivity contribution in [1.29, 1.82) is 0 Å². The van der Waals surface area contributed by atoms with Gasteiger partial charge in [0.05, 0.1) is 5.56 Å². The predicted octanol–water partition coefficient (Wildman–Crippen LogP) is 1.85. The van der Waals surface area contributed by atoms with E-state index < -0.39 is 5.97 Å². The van der Waals surface area contributed by atoms with E-state index in [-0.39, 0.29) is 35.5 Å². The molecule has 8 nitrogen and oxygen atoms in total. The van der Waals surface area contributed by atoms with Crippen molar-refractivity contribution in [3.8, 4) is 0 Å². The topological polar surface area (TPSA) is 102 Å². The van der Waals surface area contributed by atoms with Gasteiger partial charge >= 0.3 is 5.97 Å². The molecule has 0 unspecified atom stereocenters. The van der Waals surface area contributed by atoms with Crippen LogP contribution in [0.2, 0.25) is 0 Å². The largest absolute Gasteiger partial charge is 0.478 e. The van der Waals surface area contributed by atoms with Gasteiger partial charge in [0, 0.05) is 44.7 Å². The van der Waals surface area contributed by atoms with Crippen LogP contribution in [0, 0.1) is 0 Å². The van der Waals surface area contributed by atoms with E-state index in [1.807, 2.05) is 42.5 Å². The fourth-order valence-electron chi connectivity index (χ4n) is 5.00. The number of carboxylic acid groups (broad SMARTS) is 1. The number of carbonyl (C=O) groups is 3. The highest BCUT2D eigenvalue weighted by atomic mass is 16.4. The number of carbonyl (C=O) groups excluding carboxylic acids is 2. The van der Waals surface area contributed by atoms with E-state index in [0.717, 1.165) is 24.1 Å². The van der Waals surface area contributed by atoms with Crippen molar-refractivity contribution >= 4 is 17.8 Å². The Morgan fingerprint density at radius 2 is 1.82 bits per heavy atom. The highest BCUT2D eigenvalue weighted by Gasteiger charge is 2.44. The SMILES string of the molecule is CN1[C@@H](CCC(=O)NCc2ccccc2)CNC(=O)[C@@H]2[C@H]1CCN2Cc1ccc(C(=O)O)cc1. The van der Waals surface area contributed by atoms with E-state index in [2.05, 4.69) is 27.5 Å². The number of aromatic carboxylic acids is 1. The molecule has 2 heterocycles. The summed E-state index contributed by atoms with van der Waals surface area (Å²) in [7, 11) is 2.05. The summed E-state index contributed by atoms with van der Waals surface area (Å²) in [5.41, 5.74) is 2.31. The van der Waals surface area contributed by atoms with E-state index >= 15 is 0 Å². The Labute approximate surface area is 199 Å². The zero-order chi connectivity index (χ0) is 24.1. The molecule has 0 saturated carbocycles. The smallest absolute Gasteiger partial charge is 0.335 e. The van der Waals surface area contributed by atoms with Gasteiger partial charge < -0.3 is 15.7 Å². The van der Waals surface area contributed by atoms with Gasteiger partial charge in [0.15, 0.2) is 0 Å². The van der Waals surface area contributed by atoms with Gasteiger partial charge in [-0.15, -0.1) is 0 Å². The van der Waals surface area contributed by atoms with Crippen molar-refractivity contribution in [2.24, 2.45) is 0 Å². The average molecular weight is 465 g/mol. The van der Waals surface area contributed by atoms with Gasteiger partial charge in [-0.3, -0.25) is 19.4 Å². The van der Waals surface area contributed by atoms with Gasteiger partial charge in [-0.1, -0.05) is 42.5 Å². The van der Waals surface area contributed by atoms with Crippen molar-refractivity contribution in [2.45, 2.75) is 50.5 Å². The predicted molar refractivity (Wildman–Crippen MR) is 128 cm³/mol. The number of hydrogen-bond donors (Lipinski definition) is 3. The number of nitrogens with zero attached hydrogens (tertiary/aromatic N) is 2. The van der Waals surface area contributed by atoms with Crippen molar-refractivity contribution < 1.29 is 19.5 Å². The molecule has 2 aromatic carbocycles. The summed E-state index contributed by atoms with van der Waals surface area (Å²) >= 11 is 0. The van der Waals surface area contributed by atoms with E-state index in [0.29, 0.717) is 32.5 Å². The third kappa shape index (κ3) is 5.63. The molecule has 2 aliphatic rings. The minimum atomic E-state index is -0.947. The number of amides is 2. The molecule has 3 atom stereocenters. The molecule has 2 fully saturated rings. The third-order valence-electron chi connectivity index (χ3n) is 6.97. The van der Waals surface area contributed by atoms with Crippen molar-refractivity contribution in [3.63, 3.8) is 0 Å². The van der Waals surface area contributed by atoms with Crippen LogP contribution in [-0.2, 0) is 22.7 Å². The van der Waals surface area contributed by atoms with Crippen LogP contribution < -0.4 is 10.6 Å². The number of likely N-dealkylation sites (tertiary alicyclic amines) is 1. The van der Waals surface area contributed by atoms with Crippen molar-refractivity contribution in [1.82, 2.24) is 20.4 Å². The van der Waals surface area contributed by atoms with Crippen LogP contribution >= 0.6 is 0 Å². The summed E-state index contributed by atoms with van der Waals surface area (Å²) in [6.07, 6.45) is 1.96.